The van der Waals surface area contributed by atoms with E-state index in [2.05, 4.69) is 90.0 Å². The highest BCUT2D eigenvalue weighted by molar-refractivity contribution is 4.98. The van der Waals surface area contributed by atoms with Crippen molar-refractivity contribution < 1.29 is 92.2 Å². The molecule has 0 radical (unpaired) electrons. The Morgan fingerprint density at radius 3 is 0.451 bits per heavy atom. The quantitative estimate of drug-likeness (QED) is 0.191. The van der Waals surface area contributed by atoms with Gasteiger partial charge in [-0.2, -0.15) is 92.2 Å². The fourth-order valence-electron chi connectivity index (χ4n) is 8.01. The minimum absolute atomic E-state index is 0.0362. The minimum Gasteiger partial charge on any atom is -0.171 e. The largest absolute Gasteiger partial charge is 0.394 e. The van der Waals surface area contributed by atoms with Gasteiger partial charge < -0.3 is 0 Å². The van der Waals surface area contributed by atoms with Crippen molar-refractivity contribution in [1.29, 1.82) is 0 Å². The molecule has 0 aliphatic carbocycles. The van der Waals surface area contributed by atoms with E-state index in [-0.39, 0.29) is 40.4 Å². The molecule has 0 aliphatic rings. The molecule has 0 bridgehead atoms. The predicted octanol–water partition coefficient (Wildman–Crippen LogP) is 34.0. The number of rotatable bonds is 10. The molecule has 0 aromatic rings. The third-order valence-electron chi connectivity index (χ3n) is 26.0. The highest BCUT2D eigenvalue weighted by Crippen LogP contribution is 2.59. The molecule has 630 valence electrons. The van der Waals surface area contributed by atoms with Crippen LogP contribution in [0.1, 0.15) is 339 Å². The first-order chi connectivity index (χ1) is 42.8. The zero-order valence-corrected chi connectivity index (χ0v) is 73.9. The van der Waals surface area contributed by atoms with E-state index >= 15 is 0 Å². The van der Waals surface area contributed by atoms with Crippen LogP contribution in [0.25, 0.3) is 0 Å². The first-order valence-corrected chi connectivity index (χ1v) is 36.3. The summed E-state index contributed by atoms with van der Waals surface area (Å²) in [5.41, 5.74) is -8.90. The molecule has 0 aromatic heterocycles. The van der Waals surface area contributed by atoms with Gasteiger partial charge in [0.05, 0.1) is 39.4 Å². The molecule has 0 nitrogen and oxygen atoms in total. The van der Waals surface area contributed by atoms with Crippen LogP contribution in [0, 0.1) is 141 Å². The van der Waals surface area contributed by atoms with Crippen LogP contribution in [0.4, 0.5) is 92.2 Å². The van der Waals surface area contributed by atoms with Gasteiger partial charge in [-0.15, -0.1) is 0 Å². The van der Waals surface area contributed by atoms with Crippen molar-refractivity contribution in [3.8, 4) is 0 Å². The van der Waals surface area contributed by atoms with Gasteiger partial charge in [-0.25, -0.2) is 0 Å². The molecule has 102 heavy (non-hydrogen) atoms. The van der Waals surface area contributed by atoms with Gasteiger partial charge in [-0.3, -0.25) is 0 Å². The Morgan fingerprint density at radius 2 is 0.412 bits per heavy atom. The second-order valence-electron chi connectivity index (χ2n) is 40.7. The summed E-state index contributed by atoms with van der Waals surface area (Å²) in [6.45, 7) is 86.9. The van der Waals surface area contributed by atoms with E-state index in [9.17, 15) is 92.2 Å². The number of hydrogen-bond acceptors (Lipinski definition) is 0. The summed E-state index contributed by atoms with van der Waals surface area (Å²) in [6.07, 6.45) is -28.7. The summed E-state index contributed by atoms with van der Waals surface area (Å²) >= 11 is 0. The monoisotopic (exact) mass is 1530 g/mol. The van der Waals surface area contributed by atoms with E-state index in [0.717, 1.165) is 17.8 Å². The summed E-state index contributed by atoms with van der Waals surface area (Å²) in [7, 11) is 0. The summed E-state index contributed by atoms with van der Waals surface area (Å²) in [5.74, 6) is -2.03. The molecule has 0 aromatic carbocycles. The summed E-state index contributed by atoms with van der Waals surface area (Å²) in [6, 6.07) is 0. The molecule has 0 saturated carbocycles. The smallest absolute Gasteiger partial charge is 0.171 e. The lowest BCUT2D eigenvalue weighted by atomic mass is 9.55. The third-order valence-corrected chi connectivity index (χ3v) is 26.0. The van der Waals surface area contributed by atoms with Gasteiger partial charge in [0.25, 0.3) is 0 Å². The SMILES string of the molecule is CC(C)(C)C(C)(C)C(C)(C)C(F)(F)F.CC(C)(C)C(C)(C)C(F)(F)F.CC(C)(C)C(C)(C)C(F)(F)F.CC(C)C(C)(C)C(C)(C)C.CC(C)C(C)(C)C(C)C(F)(F)F.CC(C)[C@@H](C)C(C)(C)C.CC(C)[C@@H](C)C(C)C(F)(F)F.CC(C)[C@@H](C)C(C)C(F)(F)F.C[C@H](C(C)(C)C)C(C)(C)C(F)(F)F. The first-order valence-electron chi connectivity index (χ1n) is 36.3. The van der Waals surface area contributed by atoms with Crippen LogP contribution in [0.2, 0.25) is 0 Å². The van der Waals surface area contributed by atoms with E-state index in [0.29, 0.717) is 16.2 Å². The average Bonchev–Trinajstić information content (AvgIpc) is 0.756. The van der Waals surface area contributed by atoms with Gasteiger partial charge in [0.15, 0.2) is 0 Å². The molecule has 0 rings (SSSR count). The highest BCUT2D eigenvalue weighted by Gasteiger charge is 2.60. The number of hydrogen-bond donors (Lipinski definition) is 0. The fraction of sp³-hybridized carbons (Fsp3) is 1.00. The van der Waals surface area contributed by atoms with Gasteiger partial charge in [-0.05, 0) is 102 Å². The minimum atomic E-state index is -4.16. The van der Waals surface area contributed by atoms with E-state index in [1.54, 1.807) is 90.0 Å². The Hall–Kier alpha value is -1.47. The van der Waals surface area contributed by atoms with Gasteiger partial charge in [-0.1, -0.05) is 339 Å². The molecule has 0 heterocycles. The number of alkyl halides is 21. The van der Waals surface area contributed by atoms with Crippen molar-refractivity contribution in [3.63, 3.8) is 0 Å². The van der Waals surface area contributed by atoms with Crippen LogP contribution < -0.4 is 0 Å². The molecule has 0 spiro atoms. The van der Waals surface area contributed by atoms with Crippen LogP contribution in [-0.2, 0) is 0 Å². The van der Waals surface area contributed by atoms with E-state index in [1.807, 2.05) is 83.1 Å². The Balaban J connectivity index is -0.000000137. The molecule has 0 saturated heterocycles. The molecule has 0 aliphatic heterocycles. The van der Waals surface area contributed by atoms with Gasteiger partial charge in [0.1, 0.15) is 0 Å². The Bertz CT molecular complexity index is 2060. The van der Waals surface area contributed by atoms with E-state index in [4.69, 9.17) is 0 Å². The molecular formula is C81H159F21. The summed E-state index contributed by atoms with van der Waals surface area (Å²) < 4.78 is 260. The first kappa shape index (κ1) is 119. The Labute approximate surface area is 613 Å². The van der Waals surface area contributed by atoms with Crippen molar-refractivity contribution in [2.45, 2.75) is 382 Å². The van der Waals surface area contributed by atoms with Crippen molar-refractivity contribution >= 4 is 0 Å². The molecule has 0 fully saturated rings. The van der Waals surface area contributed by atoms with Crippen LogP contribution in [0.15, 0.2) is 0 Å². The van der Waals surface area contributed by atoms with Gasteiger partial charge >= 0.3 is 43.2 Å². The van der Waals surface area contributed by atoms with E-state index in [1.165, 1.54) is 76.2 Å². The van der Waals surface area contributed by atoms with Crippen LogP contribution in [0.5, 0.6) is 0 Å². The van der Waals surface area contributed by atoms with Crippen LogP contribution in [0.3, 0.4) is 0 Å². The second-order valence-corrected chi connectivity index (χ2v) is 40.7. The molecule has 7 atom stereocenters. The van der Waals surface area contributed by atoms with Gasteiger partial charge in [0.2, 0.25) is 0 Å². The van der Waals surface area contributed by atoms with Crippen molar-refractivity contribution in [3.05, 3.63) is 0 Å². The topological polar surface area (TPSA) is 0 Å². The Morgan fingerprint density at radius 1 is 0.186 bits per heavy atom. The summed E-state index contributed by atoms with van der Waals surface area (Å²) in [5, 5.41) is 0. The summed E-state index contributed by atoms with van der Waals surface area (Å²) in [4.78, 5) is 0. The normalized spacial score (nSPS) is 16.5. The molecule has 21 heteroatoms. The maximum atomic E-state index is 12.9. The van der Waals surface area contributed by atoms with Crippen molar-refractivity contribution in [2.24, 2.45) is 141 Å². The lowest BCUT2D eigenvalue weighted by molar-refractivity contribution is -0.263. The fourth-order valence-corrected chi connectivity index (χ4v) is 8.01. The molecule has 3 unspecified atom stereocenters. The highest BCUT2D eigenvalue weighted by atomic mass is 19.4. The van der Waals surface area contributed by atoms with E-state index < -0.39 is 110 Å². The second kappa shape index (κ2) is 40.5. The predicted molar refractivity (Wildman–Crippen MR) is 394 cm³/mol. The van der Waals surface area contributed by atoms with Crippen molar-refractivity contribution in [1.82, 2.24) is 0 Å². The lowest BCUT2D eigenvalue weighted by Gasteiger charge is -2.51. The zero-order valence-electron chi connectivity index (χ0n) is 73.9. The molecule has 0 amide bonds. The molecule has 0 N–H and O–H groups in total. The van der Waals surface area contributed by atoms with Crippen LogP contribution in [-0.4, -0.2) is 43.2 Å². The number of halogens is 21. The van der Waals surface area contributed by atoms with Crippen molar-refractivity contribution in [2.75, 3.05) is 0 Å². The Kier molecular flexibility index (Phi) is 47.2. The maximum Gasteiger partial charge on any atom is 0.394 e. The third kappa shape index (κ3) is 39.8. The maximum absolute atomic E-state index is 12.9. The standard InChI is InChI=1S/C11H21F3.C10H19F3.C10H22.C9H17F3.C9H20.4C8H15F3/c1-8(2,3)9(4,5)10(6,7)11(12,13)14;1-7(8(2,3)4)9(5,6)10(11,12)13;1-8(2)10(6,7)9(3,4)5;1-6(2)8(4,5)7(3)9(10,11)12;1-7(2)8(3)9(4,5)6;2*1-6(2,3)7(4,5)8(9,10)11;2*1-5(2)6(3)7(4)8(9,10)11/h1-7H3;7H,1-6H3;8H,1-7H3;6-7H,1-5H3;7-8H,1-6H3;2*1-5H3;2*5-7H,1-4H3/t;7-;;;8-;;;2*6-,7?/m.1..1..11/s1. The van der Waals surface area contributed by atoms with Crippen LogP contribution >= 0.6 is 0 Å². The average molecular weight is 1530 g/mol. The zero-order chi connectivity index (χ0) is 86.9. The van der Waals surface area contributed by atoms with Gasteiger partial charge in [0, 0.05) is 0 Å². The molecular weight excluding hydrogens is 1370 g/mol. The lowest BCUT2D eigenvalue weighted by Crippen LogP contribution is -2.51.